The molecule has 0 aromatic heterocycles. The quantitative estimate of drug-likeness (QED) is 0.643. The summed E-state index contributed by atoms with van der Waals surface area (Å²) in [7, 11) is 0. The molecule has 0 bridgehead atoms. The van der Waals surface area contributed by atoms with Crippen LogP contribution in [-0.2, 0) is 14.2 Å². The maximum atomic E-state index is 5.78. The van der Waals surface area contributed by atoms with Crippen molar-refractivity contribution in [2.24, 2.45) is 0 Å². The summed E-state index contributed by atoms with van der Waals surface area (Å²) in [4.78, 5) is 0. The summed E-state index contributed by atoms with van der Waals surface area (Å²) in [5.41, 5.74) is 0. The third-order valence-electron chi connectivity index (χ3n) is 2.66. The van der Waals surface area contributed by atoms with Crippen LogP contribution in [0.25, 0.3) is 0 Å². The van der Waals surface area contributed by atoms with Crippen LogP contribution in [0.4, 0.5) is 0 Å². The number of piperidine rings is 1. The van der Waals surface area contributed by atoms with Gasteiger partial charge in [-0.15, -0.1) is 0 Å². The number of ether oxygens (including phenoxy) is 3. The molecule has 1 N–H and O–H groups in total. The molecule has 1 unspecified atom stereocenters. The first kappa shape index (κ1) is 13.9. The molecule has 0 amide bonds. The van der Waals surface area contributed by atoms with Gasteiger partial charge in [0.05, 0.1) is 12.7 Å². The van der Waals surface area contributed by atoms with Gasteiger partial charge in [0, 0.05) is 26.2 Å². The lowest BCUT2D eigenvalue weighted by Crippen LogP contribution is -2.36. The maximum absolute atomic E-state index is 5.78. The summed E-state index contributed by atoms with van der Waals surface area (Å²) in [5, 5.41) is 3.34. The second kappa shape index (κ2) is 8.93. The zero-order chi connectivity index (χ0) is 11.6. The first-order valence-corrected chi connectivity index (χ1v) is 6.42. The van der Waals surface area contributed by atoms with E-state index in [0.29, 0.717) is 19.3 Å². The standard InChI is InChI=1S/C12H25NO3/c1-3-14-12(15-4-2)7-9-16-11-6-5-8-13-10-11/h11-13H,3-10H2,1-2H3. The van der Waals surface area contributed by atoms with Crippen LogP contribution in [-0.4, -0.2) is 45.3 Å². The van der Waals surface area contributed by atoms with Gasteiger partial charge in [-0.3, -0.25) is 0 Å². The largest absolute Gasteiger partial charge is 0.377 e. The predicted molar refractivity (Wildman–Crippen MR) is 63.5 cm³/mol. The van der Waals surface area contributed by atoms with Crippen molar-refractivity contribution in [2.75, 3.05) is 32.9 Å². The van der Waals surface area contributed by atoms with Gasteiger partial charge in [0.25, 0.3) is 0 Å². The molecule has 1 aliphatic rings. The molecule has 0 aromatic carbocycles. The van der Waals surface area contributed by atoms with E-state index in [1.807, 2.05) is 13.8 Å². The highest BCUT2D eigenvalue weighted by Crippen LogP contribution is 2.08. The molecule has 1 fully saturated rings. The van der Waals surface area contributed by atoms with Gasteiger partial charge in [-0.05, 0) is 33.2 Å². The van der Waals surface area contributed by atoms with Crippen molar-refractivity contribution >= 4 is 0 Å². The van der Waals surface area contributed by atoms with Crippen molar-refractivity contribution < 1.29 is 14.2 Å². The lowest BCUT2D eigenvalue weighted by atomic mass is 10.1. The van der Waals surface area contributed by atoms with Crippen molar-refractivity contribution in [1.82, 2.24) is 5.32 Å². The summed E-state index contributed by atoms with van der Waals surface area (Å²) in [6.45, 7) is 8.17. The Morgan fingerprint density at radius 3 is 2.56 bits per heavy atom. The SMILES string of the molecule is CCOC(CCOC1CCCNC1)OCC. The Kier molecular flexibility index (Phi) is 7.76. The molecule has 0 aromatic rings. The number of hydrogen-bond donors (Lipinski definition) is 1. The Hall–Kier alpha value is -0.160. The summed E-state index contributed by atoms with van der Waals surface area (Å²) < 4.78 is 16.7. The molecule has 1 atom stereocenters. The molecule has 1 rings (SSSR count). The van der Waals surface area contributed by atoms with Crippen LogP contribution < -0.4 is 5.32 Å². The fourth-order valence-electron chi connectivity index (χ4n) is 1.88. The minimum absolute atomic E-state index is 0.105. The Balaban J connectivity index is 2.06. The Labute approximate surface area is 98.6 Å². The van der Waals surface area contributed by atoms with E-state index in [0.717, 1.165) is 26.1 Å². The molecule has 1 heterocycles. The highest BCUT2D eigenvalue weighted by Gasteiger charge is 2.14. The van der Waals surface area contributed by atoms with Crippen LogP contribution in [0.2, 0.25) is 0 Å². The van der Waals surface area contributed by atoms with E-state index in [4.69, 9.17) is 14.2 Å². The minimum atomic E-state index is -0.105. The van der Waals surface area contributed by atoms with Gasteiger partial charge in [0.1, 0.15) is 0 Å². The molecule has 1 saturated heterocycles. The number of rotatable bonds is 8. The van der Waals surface area contributed by atoms with E-state index in [1.54, 1.807) is 0 Å². The lowest BCUT2D eigenvalue weighted by Gasteiger charge is -2.24. The van der Waals surface area contributed by atoms with Gasteiger partial charge in [0.15, 0.2) is 6.29 Å². The van der Waals surface area contributed by atoms with Crippen LogP contribution in [0, 0.1) is 0 Å². The van der Waals surface area contributed by atoms with E-state index in [9.17, 15) is 0 Å². The molecule has 0 aliphatic carbocycles. The van der Waals surface area contributed by atoms with Crippen LogP contribution in [0.15, 0.2) is 0 Å². The van der Waals surface area contributed by atoms with Crippen molar-refractivity contribution in [2.45, 2.75) is 45.5 Å². The first-order chi connectivity index (χ1) is 7.86. The Morgan fingerprint density at radius 1 is 1.25 bits per heavy atom. The molecule has 0 spiro atoms. The first-order valence-electron chi connectivity index (χ1n) is 6.42. The van der Waals surface area contributed by atoms with E-state index in [-0.39, 0.29) is 6.29 Å². The lowest BCUT2D eigenvalue weighted by molar-refractivity contribution is -0.149. The van der Waals surface area contributed by atoms with E-state index in [2.05, 4.69) is 5.32 Å². The summed E-state index contributed by atoms with van der Waals surface area (Å²) in [5.74, 6) is 0. The van der Waals surface area contributed by atoms with Crippen molar-refractivity contribution in [3.05, 3.63) is 0 Å². The van der Waals surface area contributed by atoms with Crippen molar-refractivity contribution in [3.63, 3.8) is 0 Å². The van der Waals surface area contributed by atoms with Crippen LogP contribution >= 0.6 is 0 Å². The second-order valence-corrected chi connectivity index (χ2v) is 3.97. The van der Waals surface area contributed by atoms with Crippen LogP contribution in [0.3, 0.4) is 0 Å². The number of hydrogen-bond acceptors (Lipinski definition) is 4. The van der Waals surface area contributed by atoms with Gasteiger partial charge in [-0.1, -0.05) is 0 Å². The molecule has 0 saturated carbocycles. The fourth-order valence-corrected chi connectivity index (χ4v) is 1.88. The normalized spacial score (nSPS) is 21.6. The van der Waals surface area contributed by atoms with Gasteiger partial charge >= 0.3 is 0 Å². The summed E-state index contributed by atoms with van der Waals surface area (Å²) in [6.07, 6.45) is 3.47. The molecule has 4 heteroatoms. The third-order valence-corrected chi connectivity index (χ3v) is 2.66. The van der Waals surface area contributed by atoms with Crippen LogP contribution in [0.1, 0.15) is 33.1 Å². The summed E-state index contributed by atoms with van der Waals surface area (Å²) in [6, 6.07) is 0. The Bertz CT molecular complexity index is 154. The molecule has 4 nitrogen and oxygen atoms in total. The maximum Gasteiger partial charge on any atom is 0.159 e. The monoisotopic (exact) mass is 231 g/mol. The van der Waals surface area contributed by atoms with Crippen LogP contribution in [0.5, 0.6) is 0 Å². The molecule has 0 radical (unpaired) electrons. The van der Waals surface area contributed by atoms with Gasteiger partial charge in [-0.25, -0.2) is 0 Å². The molecule has 16 heavy (non-hydrogen) atoms. The zero-order valence-corrected chi connectivity index (χ0v) is 10.5. The van der Waals surface area contributed by atoms with Gasteiger partial charge in [0.2, 0.25) is 0 Å². The van der Waals surface area contributed by atoms with E-state index in [1.165, 1.54) is 12.8 Å². The van der Waals surface area contributed by atoms with E-state index < -0.39 is 0 Å². The Morgan fingerprint density at radius 2 is 2.00 bits per heavy atom. The average Bonchev–Trinajstić information content (AvgIpc) is 2.31. The molecule has 1 aliphatic heterocycles. The topological polar surface area (TPSA) is 39.7 Å². The molecule has 96 valence electrons. The molecular weight excluding hydrogens is 206 g/mol. The number of nitrogens with one attached hydrogen (secondary N) is 1. The van der Waals surface area contributed by atoms with Crippen molar-refractivity contribution in [3.8, 4) is 0 Å². The van der Waals surface area contributed by atoms with Gasteiger partial charge in [-0.2, -0.15) is 0 Å². The minimum Gasteiger partial charge on any atom is -0.377 e. The van der Waals surface area contributed by atoms with Gasteiger partial charge < -0.3 is 19.5 Å². The van der Waals surface area contributed by atoms with Crippen molar-refractivity contribution in [1.29, 1.82) is 0 Å². The average molecular weight is 231 g/mol. The second-order valence-electron chi connectivity index (χ2n) is 3.97. The third kappa shape index (κ3) is 5.80. The molecular formula is C12H25NO3. The fraction of sp³-hybridized carbons (Fsp3) is 1.00. The van der Waals surface area contributed by atoms with E-state index >= 15 is 0 Å². The zero-order valence-electron chi connectivity index (χ0n) is 10.5. The summed E-state index contributed by atoms with van der Waals surface area (Å²) >= 11 is 0. The smallest absolute Gasteiger partial charge is 0.159 e. The predicted octanol–water partition coefficient (Wildman–Crippen LogP) is 1.54. The highest BCUT2D eigenvalue weighted by molar-refractivity contribution is 4.68. The highest BCUT2D eigenvalue weighted by atomic mass is 16.7.